The highest BCUT2D eigenvalue weighted by molar-refractivity contribution is 7.13. The molecule has 0 saturated heterocycles. The molecule has 6 heteroatoms. The highest BCUT2D eigenvalue weighted by Gasteiger charge is 2.21. The van der Waals surface area contributed by atoms with Gasteiger partial charge in [-0.3, -0.25) is 4.79 Å². The monoisotopic (exact) mass is 277 g/mol. The Labute approximate surface area is 114 Å². The third-order valence-electron chi connectivity index (χ3n) is 3.37. The standard InChI is InChI=1S/C13H15N3O2S/c1-8-14-13(16(15-8)6-11(17)18)12-10-5-3-2-4-9(10)7-19-12/h7H,2-6H2,1H3,(H,17,18). The summed E-state index contributed by atoms with van der Waals surface area (Å²) < 4.78 is 1.50. The average molecular weight is 277 g/mol. The molecule has 1 aliphatic carbocycles. The third-order valence-corrected chi connectivity index (χ3v) is 4.44. The Morgan fingerprint density at radius 2 is 2.26 bits per heavy atom. The SMILES string of the molecule is Cc1nc(-c2scc3c2CCCC3)n(CC(=O)O)n1. The lowest BCUT2D eigenvalue weighted by Gasteiger charge is -2.12. The number of aliphatic carboxylic acids is 1. The predicted octanol–water partition coefficient (Wildman–Crippen LogP) is 2.28. The van der Waals surface area contributed by atoms with E-state index >= 15 is 0 Å². The van der Waals surface area contributed by atoms with Crippen LogP contribution in [0.2, 0.25) is 0 Å². The van der Waals surface area contributed by atoms with Crippen LogP contribution in [-0.4, -0.2) is 25.8 Å². The molecule has 0 unspecified atom stereocenters. The Hall–Kier alpha value is -1.69. The Kier molecular flexibility index (Phi) is 3.10. The van der Waals surface area contributed by atoms with Crippen LogP contribution in [0.1, 0.15) is 29.8 Å². The summed E-state index contributed by atoms with van der Waals surface area (Å²) in [6.07, 6.45) is 4.62. The summed E-state index contributed by atoms with van der Waals surface area (Å²) in [4.78, 5) is 16.4. The number of hydrogen-bond donors (Lipinski definition) is 1. The fourth-order valence-electron chi connectivity index (χ4n) is 2.57. The predicted molar refractivity (Wildman–Crippen MR) is 72.3 cm³/mol. The van der Waals surface area contributed by atoms with Gasteiger partial charge in [-0.15, -0.1) is 11.3 Å². The van der Waals surface area contributed by atoms with Crippen molar-refractivity contribution in [3.05, 3.63) is 22.3 Å². The van der Waals surface area contributed by atoms with Crippen LogP contribution >= 0.6 is 11.3 Å². The molecule has 1 N–H and O–H groups in total. The number of aryl methyl sites for hydroxylation is 2. The van der Waals surface area contributed by atoms with E-state index in [1.807, 2.05) is 0 Å². The molecule has 0 spiro atoms. The summed E-state index contributed by atoms with van der Waals surface area (Å²) in [5.41, 5.74) is 2.74. The molecule has 0 amide bonds. The fraction of sp³-hybridized carbons (Fsp3) is 0.462. The van der Waals surface area contributed by atoms with Crippen molar-refractivity contribution < 1.29 is 9.90 Å². The van der Waals surface area contributed by atoms with Gasteiger partial charge in [0.2, 0.25) is 0 Å². The van der Waals surface area contributed by atoms with Crippen molar-refractivity contribution >= 4 is 17.3 Å². The molecule has 2 aromatic heterocycles. The van der Waals surface area contributed by atoms with Gasteiger partial charge >= 0.3 is 5.97 Å². The van der Waals surface area contributed by atoms with Gasteiger partial charge in [0.15, 0.2) is 5.82 Å². The van der Waals surface area contributed by atoms with Gasteiger partial charge in [0.05, 0.1) is 4.88 Å². The number of carbonyl (C=O) groups is 1. The summed E-state index contributed by atoms with van der Waals surface area (Å²) in [5.74, 6) is 0.429. The van der Waals surface area contributed by atoms with E-state index < -0.39 is 5.97 Å². The van der Waals surface area contributed by atoms with Crippen LogP contribution in [-0.2, 0) is 24.2 Å². The van der Waals surface area contributed by atoms with Gasteiger partial charge in [0.1, 0.15) is 12.4 Å². The van der Waals surface area contributed by atoms with Crippen LogP contribution in [0.15, 0.2) is 5.38 Å². The van der Waals surface area contributed by atoms with E-state index in [9.17, 15) is 4.79 Å². The minimum Gasteiger partial charge on any atom is -0.480 e. The first kappa shape index (κ1) is 12.3. The van der Waals surface area contributed by atoms with Crippen molar-refractivity contribution in [1.29, 1.82) is 0 Å². The Morgan fingerprint density at radius 3 is 3.05 bits per heavy atom. The molecule has 100 valence electrons. The number of rotatable bonds is 3. The largest absolute Gasteiger partial charge is 0.480 e. The number of hydrogen-bond acceptors (Lipinski definition) is 4. The highest BCUT2D eigenvalue weighted by Crippen LogP contribution is 2.36. The maximum Gasteiger partial charge on any atom is 0.325 e. The van der Waals surface area contributed by atoms with E-state index in [0.29, 0.717) is 11.6 Å². The van der Waals surface area contributed by atoms with Crippen LogP contribution in [0, 0.1) is 6.92 Å². The van der Waals surface area contributed by atoms with Crippen LogP contribution < -0.4 is 0 Å². The Balaban J connectivity index is 2.06. The first-order valence-corrected chi connectivity index (χ1v) is 7.26. The lowest BCUT2D eigenvalue weighted by molar-refractivity contribution is -0.137. The molecular weight excluding hydrogens is 262 g/mol. The summed E-state index contributed by atoms with van der Waals surface area (Å²) >= 11 is 1.66. The molecule has 0 bridgehead atoms. The lowest BCUT2D eigenvalue weighted by atomic mass is 9.94. The van der Waals surface area contributed by atoms with E-state index in [4.69, 9.17) is 5.11 Å². The van der Waals surface area contributed by atoms with Gasteiger partial charge in [-0.25, -0.2) is 9.67 Å². The second kappa shape index (κ2) is 4.77. The molecule has 3 rings (SSSR count). The molecular formula is C13H15N3O2S. The number of aromatic nitrogens is 3. The van der Waals surface area contributed by atoms with E-state index in [2.05, 4.69) is 15.5 Å². The zero-order valence-corrected chi connectivity index (χ0v) is 11.5. The molecule has 0 fully saturated rings. The van der Waals surface area contributed by atoms with Gasteiger partial charge in [-0.2, -0.15) is 5.10 Å². The molecule has 19 heavy (non-hydrogen) atoms. The van der Waals surface area contributed by atoms with Crippen molar-refractivity contribution in [2.24, 2.45) is 0 Å². The van der Waals surface area contributed by atoms with Gasteiger partial charge in [-0.05, 0) is 49.1 Å². The highest BCUT2D eigenvalue weighted by atomic mass is 32.1. The summed E-state index contributed by atoms with van der Waals surface area (Å²) in [6.45, 7) is 1.66. The molecule has 0 aliphatic heterocycles. The third kappa shape index (κ3) is 2.28. The number of thiophene rings is 1. The second-order valence-electron chi connectivity index (χ2n) is 4.81. The van der Waals surface area contributed by atoms with Gasteiger partial charge < -0.3 is 5.11 Å². The van der Waals surface area contributed by atoms with Crippen molar-refractivity contribution in [3.8, 4) is 10.7 Å². The second-order valence-corrected chi connectivity index (χ2v) is 5.69. The minimum atomic E-state index is -0.892. The molecule has 0 radical (unpaired) electrons. The van der Waals surface area contributed by atoms with Gasteiger partial charge in [0, 0.05) is 0 Å². The topological polar surface area (TPSA) is 68.0 Å². The van der Waals surface area contributed by atoms with Gasteiger partial charge in [0.25, 0.3) is 0 Å². The number of nitrogens with zero attached hydrogens (tertiary/aromatic N) is 3. The maximum atomic E-state index is 10.9. The fourth-order valence-corrected chi connectivity index (χ4v) is 3.72. The maximum absolute atomic E-state index is 10.9. The molecule has 2 heterocycles. The summed E-state index contributed by atoms with van der Waals surface area (Å²) in [5, 5.41) is 15.3. The zero-order chi connectivity index (χ0) is 13.4. The van der Waals surface area contributed by atoms with Crippen LogP contribution in [0.3, 0.4) is 0 Å². The minimum absolute atomic E-state index is 0.136. The molecule has 0 atom stereocenters. The molecule has 2 aromatic rings. The number of fused-ring (bicyclic) bond motifs is 1. The van der Waals surface area contributed by atoms with Crippen LogP contribution in [0.25, 0.3) is 10.7 Å². The normalized spacial score (nSPS) is 14.4. The summed E-state index contributed by atoms with van der Waals surface area (Å²) in [7, 11) is 0. The first-order chi connectivity index (χ1) is 9.15. The molecule has 0 aromatic carbocycles. The van der Waals surface area contributed by atoms with Crippen molar-refractivity contribution in [2.45, 2.75) is 39.2 Å². The number of carboxylic acids is 1. The quantitative estimate of drug-likeness (QED) is 0.934. The van der Waals surface area contributed by atoms with E-state index in [1.54, 1.807) is 18.3 Å². The van der Waals surface area contributed by atoms with Gasteiger partial charge in [-0.1, -0.05) is 0 Å². The smallest absolute Gasteiger partial charge is 0.325 e. The van der Waals surface area contributed by atoms with Crippen LogP contribution in [0.5, 0.6) is 0 Å². The molecule has 0 saturated carbocycles. The van der Waals surface area contributed by atoms with E-state index in [0.717, 1.165) is 17.7 Å². The first-order valence-electron chi connectivity index (χ1n) is 6.38. The van der Waals surface area contributed by atoms with Crippen molar-refractivity contribution in [1.82, 2.24) is 14.8 Å². The van der Waals surface area contributed by atoms with E-state index in [-0.39, 0.29) is 6.54 Å². The Bertz CT molecular complexity index is 630. The zero-order valence-electron chi connectivity index (χ0n) is 10.7. The molecule has 5 nitrogen and oxygen atoms in total. The van der Waals surface area contributed by atoms with Crippen LogP contribution in [0.4, 0.5) is 0 Å². The van der Waals surface area contributed by atoms with Crippen molar-refractivity contribution in [2.75, 3.05) is 0 Å². The molecule has 1 aliphatic rings. The average Bonchev–Trinajstić information content (AvgIpc) is 2.92. The van der Waals surface area contributed by atoms with Crippen molar-refractivity contribution in [3.63, 3.8) is 0 Å². The Morgan fingerprint density at radius 1 is 1.47 bits per heavy atom. The number of carboxylic acid groups (broad SMARTS) is 1. The lowest BCUT2D eigenvalue weighted by Crippen LogP contribution is -2.12. The summed E-state index contributed by atoms with van der Waals surface area (Å²) in [6, 6.07) is 0. The van der Waals surface area contributed by atoms with E-state index in [1.165, 1.54) is 28.7 Å².